The lowest BCUT2D eigenvalue weighted by Crippen LogP contribution is -2.15. The summed E-state index contributed by atoms with van der Waals surface area (Å²) in [5.74, 6) is 0. The van der Waals surface area contributed by atoms with Crippen molar-refractivity contribution in [2.75, 3.05) is 40.8 Å². The van der Waals surface area contributed by atoms with Crippen LogP contribution in [-0.2, 0) is 0 Å². The first kappa shape index (κ1) is 24.2. The number of rotatable bonds is 8. The second kappa shape index (κ2) is 10.6. The van der Waals surface area contributed by atoms with Gasteiger partial charge in [-0.15, -0.1) is 20.4 Å². The zero-order chi connectivity index (χ0) is 25.1. The van der Waals surface area contributed by atoms with Gasteiger partial charge in [-0.1, -0.05) is 22.7 Å². The fourth-order valence-electron chi connectivity index (χ4n) is 4.27. The van der Waals surface area contributed by atoms with Gasteiger partial charge in [-0.25, -0.2) is 0 Å². The molecule has 10 heteroatoms. The summed E-state index contributed by atoms with van der Waals surface area (Å²) < 4.78 is 0. The van der Waals surface area contributed by atoms with E-state index in [2.05, 4.69) is 104 Å². The van der Waals surface area contributed by atoms with Crippen molar-refractivity contribution in [1.82, 2.24) is 10.2 Å². The Morgan fingerprint density at radius 3 is 2.42 bits per heavy atom. The molecule has 5 rings (SSSR count). The maximum Gasteiger partial charge on any atom is 0.224 e. The molecule has 2 N–H and O–H groups in total. The minimum absolute atomic E-state index is 0.743. The normalized spacial score (nSPS) is 13.5. The van der Waals surface area contributed by atoms with Gasteiger partial charge in [0.25, 0.3) is 0 Å². The van der Waals surface area contributed by atoms with Crippen LogP contribution < -0.4 is 20.7 Å². The Morgan fingerprint density at radius 1 is 0.861 bits per heavy atom. The monoisotopic (exact) mass is 518 g/mol. The number of hydrazine groups is 1. The largest absolute Gasteiger partial charge is 0.363 e. The molecule has 1 aliphatic rings. The number of hydrogen-bond acceptors (Lipinski definition) is 10. The minimum Gasteiger partial charge on any atom is -0.363 e. The van der Waals surface area contributed by atoms with Crippen molar-refractivity contribution in [2.45, 2.75) is 33.6 Å². The number of aryl methyl sites for hydroxylation is 3. The predicted octanol–water partition coefficient (Wildman–Crippen LogP) is 7.75. The van der Waals surface area contributed by atoms with Crippen molar-refractivity contribution in [3.63, 3.8) is 0 Å². The Bertz CT molecular complexity index is 1370. The van der Waals surface area contributed by atoms with Crippen LogP contribution in [0.1, 0.15) is 29.0 Å². The van der Waals surface area contributed by atoms with E-state index < -0.39 is 0 Å². The molecule has 0 atom stereocenters. The van der Waals surface area contributed by atoms with E-state index in [1.807, 2.05) is 13.0 Å². The highest BCUT2D eigenvalue weighted by atomic mass is 32.1. The SMILES string of the molecule is Cc1nnc(NNc2ccc(N(C)c3ccc(/N=N/c4ccc(N5CCCC5)s4)cc3C)cc2C)s1. The minimum atomic E-state index is 0.743. The lowest BCUT2D eigenvalue weighted by molar-refractivity contribution is 0.949. The first-order valence-electron chi connectivity index (χ1n) is 12.0. The average molecular weight is 519 g/mol. The summed E-state index contributed by atoms with van der Waals surface area (Å²) in [6.07, 6.45) is 2.55. The third-order valence-corrected chi connectivity index (χ3v) is 8.01. The molecule has 186 valence electrons. The van der Waals surface area contributed by atoms with Crippen molar-refractivity contribution >= 4 is 60.6 Å². The summed E-state index contributed by atoms with van der Waals surface area (Å²) in [6, 6.07) is 16.8. The van der Waals surface area contributed by atoms with E-state index in [0.717, 1.165) is 62.1 Å². The molecule has 2 aromatic heterocycles. The molecule has 0 bridgehead atoms. The number of nitrogens with one attached hydrogen (secondary N) is 2. The van der Waals surface area contributed by atoms with E-state index in [-0.39, 0.29) is 0 Å². The second-order valence-corrected chi connectivity index (χ2v) is 11.1. The van der Waals surface area contributed by atoms with Crippen molar-refractivity contribution in [2.24, 2.45) is 10.2 Å². The van der Waals surface area contributed by atoms with E-state index >= 15 is 0 Å². The Kier molecular flexibility index (Phi) is 7.15. The van der Waals surface area contributed by atoms with Crippen molar-refractivity contribution < 1.29 is 0 Å². The molecular formula is C26H30N8S2. The number of aromatic nitrogens is 2. The molecule has 1 aliphatic heterocycles. The molecule has 36 heavy (non-hydrogen) atoms. The maximum atomic E-state index is 4.50. The molecule has 3 heterocycles. The van der Waals surface area contributed by atoms with Gasteiger partial charge in [0.2, 0.25) is 5.13 Å². The Labute approximate surface area is 219 Å². The molecular weight excluding hydrogens is 488 g/mol. The molecule has 1 saturated heterocycles. The third-order valence-electron chi connectivity index (χ3n) is 6.23. The van der Waals surface area contributed by atoms with Gasteiger partial charge in [0.1, 0.15) is 10.0 Å². The summed E-state index contributed by atoms with van der Waals surface area (Å²) >= 11 is 3.22. The molecule has 1 fully saturated rings. The van der Waals surface area contributed by atoms with Gasteiger partial charge in [-0.2, -0.15) is 0 Å². The number of thiophene rings is 1. The van der Waals surface area contributed by atoms with Crippen LogP contribution in [-0.4, -0.2) is 30.3 Å². The number of anilines is 5. The molecule has 4 aromatic rings. The number of hydrogen-bond donors (Lipinski definition) is 2. The smallest absolute Gasteiger partial charge is 0.224 e. The van der Waals surface area contributed by atoms with Gasteiger partial charge < -0.3 is 9.80 Å². The van der Waals surface area contributed by atoms with Crippen molar-refractivity contribution in [3.05, 3.63) is 64.7 Å². The lowest BCUT2D eigenvalue weighted by atomic mass is 10.1. The topological polar surface area (TPSA) is 81.0 Å². The Hall–Kier alpha value is -3.50. The molecule has 0 aliphatic carbocycles. The van der Waals surface area contributed by atoms with Gasteiger partial charge in [-0.3, -0.25) is 10.9 Å². The predicted molar refractivity (Wildman–Crippen MR) is 152 cm³/mol. The van der Waals surface area contributed by atoms with E-state index in [1.165, 1.54) is 29.2 Å². The first-order valence-corrected chi connectivity index (χ1v) is 13.6. The zero-order valence-electron chi connectivity index (χ0n) is 20.9. The van der Waals surface area contributed by atoms with Gasteiger partial charge in [-0.05, 0) is 93.3 Å². The van der Waals surface area contributed by atoms with Gasteiger partial charge in [0.15, 0.2) is 0 Å². The summed E-state index contributed by atoms with van der Waals surface area (Å²) in [5.41, 5.74) is 12.7. The number of azo groups is 1. The summed E-state index contributed by atoms with van der Waals surface area (Å²) in [5, 5.41) is 21.0. The van der Waals surface area contributed by atoms with E-state index in [0.29, 0.717) is 0 Å². The van der Waals surface area contributed by atoms with Crippen LogP contribution in [0, 0.1) is 20.8 Å². The summed E-state index contributed by atoms with van der Waals surface area (Å²) in [6.45, 7) is 8.42. The highest BCUT2D eigenvalue weighted by molar-refractivity contribution is 7.19. The first-order chi connectivity index (χ1) is 17.5. The quantitative estimate of drug-likeness (QED) is 0.183. The van der Waals surface area contributed by atoms with Gasteiger partial charge >= 0.3 is 0 Å². The summed E-state index contributed by atoms with van der Waals surface area (Å²) in [4.78, 5) is 4.62. The Morgan fingerprint density at radius 2 is 1.69 bits per heavy atom. The third kappa shape index (κ3) is 5.50. The lowest BCUT2D eigenvalue weighted by Gasteiger charge is -2.23. The second-order valence-electron chi connectivity index (χ2n) is 8.91. The van der Waals surface area contributed by atoms with Crippen molar-refractivity contribution in [1.29, 1.82) is 0 Å². The van der Waals surface area contributed by atoms with Crippen LogP contribution in [0.4, 0.5) is 37.9 Å². The molecule has 8 nitrogen and oxygen atoms in total. The molecule has 2 aromatic carbocycles. The van der Waals surface area contributed by atoms with Crippen LogP contribution in [0.25, 0.3) is 0 Å². The van der Waals surface area contributed by atoms with E-state index in [1.54, 1.807) is 11.3 Å². The van der Waals surface area contributed by atoms with Crippen LogP contribution in [0.2, 0.25) is 0 Å². The fourth-order valence-corrected chi connectivity index (χ4v) is 5.69. The van der Waals surface area contributed by atoms with E-state index in [4.69, 9.17) is 0 Å². The van der Waals surface area contributed by atoms with Gasteiger partial charge in [0, 0.05) is 31.5 Å². The van der Waals surface area contributed by atoms with Crippen LogP contribution in [0.15, 0.2) is 58.8 Å². The summed E-state index contributed by atoms with van der Waals surface area (Å²) in [7, 11) is 2.08. The molecule has 0 unspecified atom stereocenters. The highest BCUT2D eigenvalue weighted by Crippen LogP contribution is 2.36. The number of benzene rings is 2. The maximum absolute atomic E-state index is 4.50. The zero-order valence-corrected chi connectivity index (χ0v) is 22.6. The number of nitrogens with zero attached hydrogens (tertiary/aromatic N) is 6. The molecule has 0 radical (unpaired) electrons. The molecule has 0 amide bonds. The van der Waals surface area contributed by atoms with Gasteiger partial charge in [0.05, 0.1) is 16.4 Å². The molecule has 0 spiro atoms. The van der Waals surface area contributed by atoms with Crippen molar-refractivity contribution in [3.8, 4) is 0 Å². The fraction of sp³-hybridized carbons (Fsp3) is 0.308. The van der Waals surface area contributed by atoms with Crippen LogP contribution in [0.5, 0.6) is 0 Å². The van der Waals surface area contributed by atoms with E-state index in [9.17, 15) is 0 Å². The average Bonchev–Trinajstić information content (AvgIpc) is 3.64. The highest BCUT2D eigenvalue weighted by Gasteiger charge is 2.14. The van der Waals surface area contributed by atoms with Crippen LogP contribution in [0.3, 0.4) is 0 Å². The standard InChI is InChI=1S/C26H30N8S2/c1-17-16-21(8-9-22(17)29-32-26-31-27-19(3)35-26)33(4)23-10-7-20(15-18(23)2)28-30-24-11-12-25(36-24)34-13-5-6-14-34/h7-12,15-16,29H,5-6,13-14H2,1-4H3,(H,31,32)/b30-28+. The molecule has 0 saturated carbocycles. The van der Waals surface area contributed by atoms with Crippen LogP contribution >= 0.6 is 22.7 Å². The Balaban J connectivity index is 1.24.